The molecule has 1 heterocycles. The summed E-state index contributed by atoms with van der Waals surface area (Å²) in [5.74, 6) is 1.43. The predicted molar refractivity (Wildman–Crippen MR) is 90.0 cm³/mol. The fraction of sp³-hybridized carbons (Fsp3) is 0.500. The van der Waals surface area contributed by atoms with E-state index in [0.29, 0.717) is 12.0 Å². The molecule has 2 rings (SSSR count). The van der Waals surface area contributed by atoms with Crippen LogP contribution in [0, 0.1) is 5.92 Å². The third kappa shape index (κ3) is 4.55. The zero-order chi connectivity index (χ0) is 15.4. The van der Waals surface area contributed by atoms with Crippen LogP contribution in [0.3, 0.4) is 0 Å². The number of fused-ring (bicyclic) bond motifs is 1. The molecule has 1 aromatic heterocycles. The molecular formula is C16H23ClN4. The van der Waals surface area contributed by atoms with Crippen molar-refractivity contribution >= 4 is 28.3 Å². The van der Waals surface area contributed by atoms with E-state index in [4.69, 9.17) is 11.6 Å². The quantitative estimate of drug-likeness (QED) is 0.827. The number of aromatic nitrogens is 2. The number of halogens is 1. The molecule has 0 fully saturated rings. The molecule has 1 atom stereocenters. The van der Waals surface area contributed by atoms with Gasteiger partial charge in [0.25, 0.3) is 0 Å². The van der Waals surface area contributed by atoms with Gasteiger partial charge in [-0.3, -0.25) is 0 Å². The summed E-state index contributed by atoms with van der Waals surface area (Å²) in [6, 6.07) is 8.26. The van der Waals surface area contributed by atoms with Gasteiger partial charge in [0.2, 0.25) is 5.28 Å². The summed E-state index contributed by atoms with van der Waals surface area (Å²) < 4.78 is 0. The number of hydrogen-bond acceptors (Lipinski definition) is 4. The number of nitrogens with zero attached hydrogens (tertiary/aromatic N) is 3. The third-order valence-corrected chi connectivity index (χ3v) is 3.43. The van der Waals surface area contributed by atoms with Crippen molar-refractivity contribution in [2.75, 3.05) is 26.0 Å². The first-order valence-corrected chi connectivity index (χ1v) is 7.67. The van der Waals surface area contributed by atoms with Crippen molar-refractivity contribution in [1.82, 2.24) is 14.9 Å². The van der Waals surface area contributed by atoms with E-state index in [9.17, 15) is 0 Å². The van der Waals surface area contributed by atoms with Gasteiger partial charge in [-0.25, -0.2) is 9.97 Å². The highest BCUT2D eigenvalue weighted by atomic mass is 35.5. The lowest BCUT2D eigenvalue weighted by atomic mass is 10.0. The summed E-state index contributed by atoms with van der Waals surface area (Å²) in [6.07, 6.45) is 1.08. The van der Waals surface area contributed by atoms with E-state index in [2.05, 4.69) is 48.1 Å². The molecule has 21 heavy (non-hydrogen) atoms. The normalized spacial score (nSPS) is 13.1. The van der Waals surface area contributed by atoms with Crippen molar-refractivity contribution < 1.29 is 0 Å². The molecule has 0 aliphatic carbocycles. The lowest BCUT2D eigenvalue weighted by molar-refractivity contribution is 0.356. The molecule has 114 valence electrons. The lowest BCUT2D eigenvalue weighted by Gasteiger charge is -2.25. The SMILES string of the molecule is CC(C)CC(CN(C)C)Nc1nc(Cl)nc2ccccc12. The molecule has 0 aliphatic rings. The second-order valence-corrected chi connectivity index (χ2v) is 6.43. The molecule has 4 nitrogen and oxygen atoms in total. The predicted octanol–water partition coefficient (Wildman–Crippen LogP) is 3.67. The van der Waals surface area contributed by atoms with Gasteiger partial charge in [-0.15, -0.1) is 0 Å². The highest BCUT2D eigenvalue weighted by molar-refractivity contribution is 6.28. The van der Waals surface area contributed by atoms with Gasteiger partial charge in [0.05, 0.1) is 5.52 Å². The number of nitrogens with one attached hydrogen (secondary N) is 1. The van der Waals surface area contributed by atoms with E-state index in [0.717, 1.165) is 29.7 Å². The van der Waals surface area contributed by atoms with Gasteiger partial charge in [0.1, 0.15) is 5.82 Å². The minimum Gasteiger partial charge on any atom is -0.365 e. The molecule has 0 radical (unpaired) electrons. The smallest absolute Gasteiger partial charge is 0.224 e. The van der Waals surface area contributed by atoms with Crippen LogP contribution >= 0.6 is 11.6 Å². The van der Waals surface area contributed by atoms with Gasteiger partial charge < -0.3 is 10.2 Å². The summed E-state index contributed by atoms with van der Waals surface area (Å²) in [6.45, 7) is 5.42. The Balaban J connectivity index is 2.31. The highest BCUT2D eigenvalue weighted by Gasteiger charge is 2.15. The average Bonchev–Trinajstić information content (AvgIpc) is 2.36. The number of anilines is 1. The Bertz CT molecular complexity index is 588. The van der Waals surface area contributed by atoms with Gasteiger partial charge in [-0.1, -0.05) is 26.0 Å². The van der Waals surface area contributed by atoms with E-state index in [1.807, 2.05) is 24.3 Å². The van der Waals surface area contributed by atoms with Crippen molar-refractivity contribution in [3.8, 4) is 0 Å². The number of rotatable bonds is 6. The Morgan fingerprint density at radius 1 is 1.19 bits per heavy atom. The van der Waals surface area contributed by atoms with Crippen LogP contribution in [-0.2, 0) is 0 Å². The zero-order valence-electron chi connectivity index (χ0n) is 13.1. The van der Waals surface area contributed by atoms with Crippen LogP contribution in [0.5, 0.6) is 0 Å². The molecule has 0 amide bonds. The van der Waals surface area contributed by atoms with E-state index < -0.39 is 0 Å². The molecule has 5 heteroatoms. The first-order chi connectivity index (χ1) is 9.95. The Hall–Kier alpha value is -1.39. The van der Waals surface area contributed by atoms with Crippen LogP contribution in [0.15, 0.2) is 24.3 Å². The molecule has 1 aromatic carbocycles. The van der Waals surface area contributed by atoms with Crippen LogP contribution < -0.4 is 5.32 Å². The summed E-state index contributed by atoms with van der Waals surface area (Å²) in [4.78, 5) is 10.8. The fourth-order valence-electron chi connectivity index (χ4n) is 2.54. The fourth-order valence-corrected chi connectivity index (χ4v) is 2.72. The maximum atomic E-state index is 6.05. The minimum absolute atomic E-state index is 0.282. The Kier molecular flexibility index (Phi) is 5.37. The third-order valence-electron chi connectivity index (χ3n) is 3.26. The van der Waals surface area contributed by atoms with Crippen LogP contribution in [0.25, 0.3) is 10.9 Å². The number of benzene rings is 1. The van der Waals surface area contributed by atoms with Gasteiger partial charge in [-0.2, -0.15) is 0 Å². The standard InChI is InChI=1S/C16H23ClN4/c1-11(2)9-12(10-21(3)4)18-15-13-7-5-6-8-14(13)19-16(17)20-15/h5-8,11-12H,9-10H2,1-4H3,(H,18,19,20). The minimum atomic E-state index is 0.282. The van der Waals surface area contributed by atoms with Crippen LogP contribution in [0.1, 0.15) is 20.3 Å². The van der Waals surface area contributed by atoms with Crippen molar-refractivity contribution in [2.24, 2.45) is 5.92 Å². The lowest BCUT2D eigenvalue weighted by Crippen LogP contribution is -2.33. The first kappa shape index (κ1) is 16.0. The zero-order valence-corrected chi connectivity index (χ0v) is 13.9. The van der Waals surface area contributed by atoms with Crippen molar-refractivity contribution in [2.45, 2.75) is 26.3 Å². The van der Waals surface area contributed by atoms with Gasteiger partial charge in [0.15, 0.2) is 0 Å². The number of likely N-dealkylation sites (N-methyl/N-ethyl adjacent to an activating group) is 1. The highest BCUT2D eigenvalue weighted by Crippen LogP contribution is 2.23. The Labute approximate surface area is 131 Å². The summed E-state index contributed by atoms with van der Waals surface area (Å²) >= 11 is 6.05. The van der Waals surface area contributed by atoms with Crippen molar-refractivity contribution in [3.63, 3.8) is 0 Å². The van der Waals surface area contributed by atoms with Gasteiger partial charge >= 0.3 is 0 Å². The Morgan fingerprint density at radius 3 is 2.57 bits per heavy atom. The maximum Gasteiger partial charge on any atom is 0.224 e. The molecule has 0 saturated carbocycles. The molecule has 0 spiro atoms. The van der Waals surface area contributed by atoms with Gasteiger partial charge in [0, 0.05) is 18.0 Å². The first-order valence-electron chi connectivity index (χ1n) is 7.29. The number of hydrogen-bond donors (Lipinski definition) is 1. The van der Waals surface area contributed by atoms with Crippen molar-refractivity contribution in [1.29, 1.82) is 0 Å². The number of para-hydroxylation sites is 1. The van der Waals surface area contributed by atoms with E-state index in [1.54, 1.807) is 0 Å². The molecule has 1 N–H and O–H groups in total. The van der Waals surface area contributed by atoms with Crippen LogP contribution in [0.2, 0.25) is 5.28 Å². The van der Waals surface area contributed by atoms with Crippen LogP contribution in [0.4, 0.5) is 5.82 Å². The molecule has 2 aromatic rings. The summed E-state index contributed by atoms with van der Waals surface area (Å²) in [7, 11) is 4.17. The molecule has 0 bridgehead atoms. The van der Waals surface area contributed by atoms with E-state index >= 15 is 0 Å². The van der Waals surface area contributed by atoms with Gasteiger partial charge in [-0.05, 0) is 50.2 Å². The topological polar surface area (TPSA) is 41.0 Å². The van der Waals surface area contributed by atoms with E-state index in [-0.39, 0.29) is 5.28 Å². The second-order valence-electron chi connectivity index (χ2n) is 6.09. The molecule has 0 aliphatic heterocycles. The molecule has 1 unspecified atom stereocenters. The largest absolute Gasteiger partial charge is 0.365 e. The molecular weight excluding hydrogens is 284 g/mol. The maximum absolute atomic E-state index is 6.05. The molecule has 0 saturated heterocycles. The summed E-state index contributed by atoms with van der Waals surface area (Å²) in [5, 5.41) is 4.84. The van der Waals surface area contributed by atoms with E-state index in [1.165, 1.54) is 0 Å². The van der Waals surface area contributed by atoms with Crippen LogP contribution in [-0.4, -0.2) is 41.5 Å². The average molecular weight is 307 g/mol. The monoisotopic (exact) mass is 306 g/mol. The second kappa shape index (κ2) is 7.05. The summed E-state index contributed by atoms with van der Waals surface area (Å²) in [5.41, 5.74) is 0.869. The Morgan fingerprint density at radius 2 is 1.90 bits per heavy atom. The van der Waals surface area contributed by atoms with Crippen molar-refractivity contribution in [3.05, 3.63) is 29.5 Å².